The van der Waals surface area contributed by atoms with E-state index in [9.17, 15) is 19.5 Å². The van der Waals surface area contributed by atoms with Crippen molar-refractivity contribution in [2.24, 2.45) is 5.41 Å². The van der Waals surface area contributed by atoms with Crippen LogP contribution < -0.4 is 5.32 Å². The third-order valence-corrected chi connectivity index (χ3v) is 5.28. The Morgan fingerprint density at radius 2 is 1.96 bits per heavy atom. The van der Waals surface area contributed by atoms with Gasteiger partial charge >= 0.3 is 0 Å². The maximum Gasteiger partial charge on any atom is 0.293 e. The first-order chi connectivity index (χ1) is 11.2. The minimum absolute atomic E-state index is 0.0226. The molecule has 1 aliphatic carbocycles. The molecule has 0 bridgehead atoms. The Balaban J connectivity index is 2.22. The van der Waals surface area contributed by atoms with Crippen molar-refractivity contribution in [3.05, 3.63) is 51.2 Å². The van der Waals surface area contributed by atoms with E-state index >= 15 is 0 Å². The molecular formula is C17H13Cl2NO4. The van der Waals surface area contributed by atoms with Crippen molar-refractivity contribution in [1.82, 2.24) is 5.32 Å². The van der Waals surface area contributed by atoms with Gasteiger partial charge in [-0.15, -0.1) is 6.58 Å². The fourth-order valence-corrected chi connectivity index (χ4v) is 3.78. The maximum atomic E-state index is 12.7. The first-order valence-electron chi connectivity index (χ1n) is 7.17. The number of benzene rings is 1. The number of nitrogens with one attached hydrogen (secondary N) is 1. The van der Waals surface area contributed by atoms with Gasteiger partial charge in [-0.1, -0.05) is 36.2 Å². The van der Waals surface area contributed by atoms with Gasteiger partial charge in [0.25, 0.3) is 11.8 Å². The van der Waals surface area contributed by atoms with Gasteiger partial charge in [0.2, 0.25) is 0 Å². The second-order valence-electron chi connectivity index (χ2n) is 6.15. The number of carbonyl (C=O) groups is 3. The van der Waals surface area contributed by atoms with Crippen LogP contribution in [0.2, 0.25) is 10.0 Å². The monoisotopic (exact) mass is 365 g/mol. The molecule has 124 valence electrons. The van der Waals surface area contributed by atoms with Gasteiger partial charge in [0.15, 0.2) is 11.5 Å². The van der Waals surface area contributed by atoms with Gasteiger partial charge in [-0.2, -0.15) is 0 Å². The molecule has 1 atom stereocenters. The van der Waals surface area contributed by atoms with E-state index in [0.717, 1.165) is 0 Å². The van der Waals surface area contributed by atoms with Gasteiger partial charge in [0.05, 0.1) is 15.6 Å². The molecule has 0 aromatic heterocycles. The lowest BCUT2D eigenvalue weighted by molar-refractivity contribution is -0.124. The molecule has 5 nitrogen and oxygen atoms in total. The molecule has 2 amide bonds. The summed E-state index contributed by atoms with van der Waals surface area (Å²) in [5.74, 6) is -2.50. The summed E-state index contributed by atoms with van der Waals surface area (Å²) in [7, 11) is 0. The molecule has 1 unspecified atom stereocenters. The number of imide groups is 1. The van der Waals surface area contributed by atoms with Crippen LogP contribution in [0.3, 0.4) is 0 Å². The van der Waals surface area contributed by atoms with Crippen LogP contribution >= 0.6 is 23.2 Å². The van der Waals surface area contributed by atoms with Crippen LogP contribution in [-0.2, 0) is 16.0 Å². The Morgan fingerprint density at radius 1 is 1.29 bits per heavy atom. The minimum atomic E-state index is -0.893. The molecule has 2 aliphatic rings. The summed E-state index contributed by atoms with van der Waals surface area (Å²) in [4.78, 5) is 36.1. The van der Waals surface area contributed by atoms with E-state index in [1.807, 2.05) is 12.2 Å². The lowest BCUT2D eigenvalue weighted by Gasteiger charge is -2.19. The predicted molar refractivity (Wildman–Crippen MR) is 90.1 cm³/mol. The van der Waals surface area contributed by atoms with E-state index in [1.54, 1.807) is 12.1 Å². The Kier molecular flexibility index (Phi) is 3.81. The van der Waals surface area contributed by atoms with Gasteiger partial charge in [-0.25, -0.2) is 0 Å². The quantitative estimate of drug-likeness (QED) is 0.636. The molecular weight excluding hydrogens is 353 g/mol. The summed E-state index contributed by atoms with van der Waals surface area (Å²) in [5.41, 5.74) is 0.164. The molecule has 0 saturated carbocycles. The van der Waals surface area contributed by atoms with Gasteiger partial charge in [-0.3, -0.25) is 19.7 Å². The molecule has 0 spiro atoms. The fourth-order valence-electron chi connectivity index (χ4n) is 3.23. The van der Waals surface area contributed by atoms with Crippen molar-refractivity contribution in [1.29, 1.82) is 0 Å². The number of carbonyl (C=O) groups excluding carboxylic acids is 3. The third-order valence-electron chi connectivity index (χ3n) is 4.41. The van der Waals surface area contributed by atoms with E-state index in [0.29, 0.717) is 24.0 Å². The summed E-state index contributed by atoms with van der Waals surface area (Å²) in [5, 5.41) is 11.8. The van der Waals surface area contributed by atoms with Crippen LogP contribution in [0.4, 0.5) is 0 Å². The summed E-state index contributed by atoms with van der Waals surface area (Å²) < 4.78 is 0. The molecule has 3 rings (SSSR count). The van der Waals surface area contributed by atoms with Crippen LogP contribution in [0.25, 0.3) is 5.57 Å². The maximum absolute atomic E-state index is 12.7. The van der Waals surface area contributed by atoms with Gasteiger partial charge in [0, 0.05) is 16.5 Å². The molecule has 1 aromatic carbocycles. The number of hydrogen-bond donors (Lipinski definition) is 2. The van der Waals surface area contributed by atoms with Crippen molar-refractivity contribution in [3.63, 3.8) is 0 Å². The SMILES string of the molecule is C=CCC1(C)Cc2cc(C3=C(O)C(=O)NC3=O)c(Cl)c(Cl)c2C1=O. The fraction of sp³-hybridized carbons (Fsp3) is 0.235. The van der Waals surface area contributed by atoms with Crippen LogP contribution in [0.15, 0.2) is 24.5 Å². The lowest BCUT2D eigenvalue weighted by Crippen LogP contribution is -2.23. The van der Waals surface area contributed by atoms with E-state index in [4.69, 9.17) is 23.2 Å². The molecule has 0 radical (unpaired) electrons. The number of amides is 2. The van der Waals surface area contributed by atoms with Crippen molar-refractivity contribution in [3.8, 4) is 0 Å². The van der Waals surface area contributed by atoms with E-state index in [1.165, 1.54) is 0 Å². The van der Waals surface area contributed by atoms with Crippen molar-refractivity contribution in [2.75, 3.05) is 0 Å². The number of hydrogen-bond acceptors (Lipinski definition) is 4. The molecule has 0 fully saturated rings. The van der Waals surface area contributed by atoms with E-state index in [-0.39, 0.29) is 27.0 Å². The number of aliphatic hydroxyl groups excluding tert-OH is 1. The molecule has 0 saturated heterocycles. The molecule has 2 N–H and O–H groups in total. The Morgan fingerprint density at radius 3 is 2.50 bits per heavy atom. The summed E-state index contributed by atoms with van der Waals surface area (Å²) in [6.45, 7) is 5.48. The van der Waals surface area contributed by atoms with E-state index < -0.39 is 23.0 Å². The van der Waals surface area contributed by atoms with Gasteiger partial charge in [-0.05, 0) is 24.5 Å². The average Bonchev–Trinajstić information content (AvgIpc) is 2.90. The summed E-state index contributed by atoms with van der Waals surface area (Å²) >= 11 is 12.5. The molecule has 1 heterocycles. The normalized spacial score (nSPS) is 22.9. The average molecular weight is 366 g/mol. The number of ketones is 1. The largest absolute Gasteiger partial charge is 0.502 e. The molecule has 1 aliphatic heterocycles. The first kappa shape index (κ1) is 16.7. The topological polar surface area (TPSA) is 83.5 Å². The molecule has 7 heteroatoms. The Labute approximate surface area is 147 Å². The van der Waals surface area contributed by atoms with Gasteiger partial charge in [0.1, 0.15) is 0 Å². The molecule has 1 aromatic rings. The summed E-state index contributed by atoms with van der Waals surface area (Å²) in [6, 6.07) is 1.54. The second kappa shape index (κ2) is 5.46. The number of rotatable bonds is 3. The Hall–Kier alpha value is -2.11. The number of halogens is 2. The summed E-state index contributed by atoms with van der Waals surface area (Å²) in [6.07, 6.45) is 2.54. The number of aliphatic hydroxyl groups is 1. The number of fused-ring (bicyclic) bond motifs is 1. The van der Waals surface area contributed by atoms with E-state index in [2.05, 4.69) is 6.58 Å². The van der Waals surface area contributed by atoms with Crippen LogP contribution in [-0.4, -0.2) is 22.7 Å². The highest BCUT2D eigenvalue weighted by atomic mass is 35.5. The minimum Gasteiger partial charge on any atom is -0.502 e. The lowest BCUT2D eigenvalue weighted by atomic mass is 9.83. The first-order valence-corrected chi connectivity index (χ1v) is 7.92. The highest BCUT2D eigenvalue weighted by Gasteiger charge is 2.44. The van der Waals surface area contributed by atoms with Crippen molar-refractivity contribution < 1.29 is 19.5 Å². The second-order valence-corrected chi connectivity index (χ2v) is 6.91. The smallest absolute Gasteiger partial charge is 0.293 e. The van der Waals surface area contributed by atoms with Crippen LogP contribution in [0.1, 0.15) is 34.8 Å². The Bertz CT molecular complexity index is 872. The molecule has 24 heavy (non-hydrogen) atoms. The zero-order valence-corrected chi connectivity index (χ0v) is 14.2. The van der Waals surface area contributed by atoms with Gasteiger partial charge < -0.3 is 5.11 Å². The highest BCUT2D eigenvalue weighted by molar-refractivity contribution is 6.47. The standard InChI is InChI=1S/C17H13Cl2NO4/c1-3-4-17(2)6-7-5-8(10-13(21)16(24)20-15(10)23)11(18)12(19)9(7)14(17)22/h3,5H,1,4,6H2,2H3,(H2,20,21,23,24). The van der Waals surface area contributed by atoms with Crippen molar-refractivity contribution in [2.45, 2.75) is 19.8 Å². The number of allylic oxidation sites excluding steroid dienone is 1. The van der Waals surface area contributed by atoms with Crippen LogP contribution in [0.5, 0.6) is 0 Å². The zero-order chi connectivity index (χ0) is 17.8. The number of Topliss-reactive ketones (excluding diaryl/α,β-unsaturated/α-hetero) is 1. The third kappa shape index (κ3) is 2.19. The zero-order valence-electron chi connectivity index (χ0n) is 12.7. The highest BCUT2D eigenvalue weighted by Crippen LogP contribution is 2.47. The van der Waals surface area contributed by atoms with Crippen molar-refractivity contribution >= 4 is 46.4 Å². The predicted octanol–water partition coefficient (Wildman–Crippen LogP) is 3.24. The van der Waals surface area contributed by atoms with Crippen LogP contribution in [0, 0.1) is 5.41 Å².